The number of aromatic nitrogens is 1. The Kier molecular flexibility index (Phi) is 4.39. The summed E-state index contributed by atoms with van der Waals surface area (Å²) in [6, 6.07) is 10.5. The third-order valence-electron chi connectivity index (χ3n) is 2.08. The number of hydrogen-bond donors (Lipinski definition) is 1. The van der Waals surface area contributed by atoms with Gasteiger partial charge in [-0.3, -0.25) is 0 Å². The predicted octanol–water partition coefficient (Wildman–Crippen LogP) is 3.15. The van der Waals surface area contributed by atoms with Gasteiger partial charge in [0.25, 0.3) is 0 Å². The summed E-state index contributed by atoms with van der Waals surface area (Å²) in [5.74, 6) is 1.02. The van der Waals surface area contributed by atoms with E-state index in [1.807, 2.05) is 31.1 Å². The summed E-state index contributed by atoms with van der Waals surface area (Å²) >= 11 is 3.61. The second kappa shape index (κ2) is 6.03. The minimum atomic E-state index is 0.858. The van der Waals surface area contributed by atoms with E-state index >= 15 is 0 Å². The third-order valence-corrected chi connectivity index (χ3v) is 4.35. The second-order valence-corrected chi connectivity index (χ2v) is 5.77. The Morgan fingerprint density at radius 1 is 1.31 bits per heavy atom. The Labute approximate surface area is 104 Å². The standard InChI is InChI=1S/C12H14N2S2/c1-13-7-11-14-8-12(16-11)15-9-10-5-3-2-4-6-10/h2-6,8,13H,7,9H2,1H3. The highest BCUT2D eigenvalue weighted by molar-refractivity contribution is 8.00. The van der Waals surface area contributed by atoms with E-state index in [0.29, 0.717) is 0 Å². The number of rotatable bonds is 5. The van der Waals surface area contributed by atoms with Gasteiger partial charge in [0.1, 0.15) is 5.01 Å². The predicted molar refractivity (Wildman–Crippen MR) is 70.9 cm³/mol. The number of benzene rings is 1. The van der Waals surface area contributed by atoms with E-state index in [2.05, 4.69) is 34.6 Å². The van der Waals surface area contributed by atoms with Crippen LogP contribution >= 0.6 is 23.1 Å². The Morgan fingerprint density at radius 2 is 2.12 bits per heavy atom. The van der Waals surface area contributed by atoms with Crippen LogP contribution in [0, 0.1) is 0 Å². The molecule has 0 aliphatic rings. The van der Waals surface area contributed by atoms with Crippen LogP contribution in [0.25, 0.3) is 0 Å². The minimum Gasteiger partial charge on any atom is -0.314 e. The third kappa shape index (κ3) is 3.33. The molecule has 0 fully saturated rings. The molecule has 0 spiro atoms. The fraction of sp³-hybridized carbons (Fsp3) is 0.250. The van der Waals surface area contributed by atoms with Crippen molar-refractivity contribution in [1.29, 1.82) is 0 Å². The summed E-state index contributed by atoms with van der Waals surface area (Å²) in [6.07, 6.45) is 1.96. The van der Waals surface area contributed by atoms with Gasteiger partial charge in [-0.2, -0.15) is 0 Å². The van der Waals surface area contributed by atoms with Crippen molar-refractivity contribution in [1.82, 2.24) is 10.3 Å². The van der Waals surface area contributed by atoms with Crippen LogP contribution in [-0.4, -0.2) is 12.0 Å². The largest absolute Gasteiger partial charge is 0.314 e. The molecule has 16 heavy (non-hydrogen) atoms. The van der Waals surface area contributed by atoms with Crippen LogP contribution in [0.5, 0.6) is 0 Å². The number of nitrogens with zero attached hydrogens (tertiary/aromatic N) is 1. The molecule has 0 bridgehead atoms. The van der Waals surface area contributed by atoms with Crippen molar-refractivity contribution in [3.05, 3.63) is 47.1 Å². The smallest absolute Gasteiger partial charge is 0.107 e. The first-order valence-corrected chi connectivity index (χ1v) is 6.94. The number of thioether (sulfide) groups is 1. The molecule has 0 saturated heterocycles. The van der Waals surface area contributed by atoms with Crippen LogP contribution in [0.2, 0.25) is 0 Å². The van der Waals surface area contributed by atoms with Gasteiger partial charge >= 0.3 is 0 Å². The van der Waals surface area contributed by atoms with Crippen LogP contribution in [0.1, 0.15) is 10.6 Å². The van der Waals surface area contributed by atoms with Gasteiger partial charge in [0.15, 0.2) is 0 Å². The Morgan fingerprint density at radius 3 is 2.88 bits per heavy atom. The van der Waals surface area contributed by atoms with E-state index in [9.17, 15) is 0 Å². The maximum Gasteiger partial charge on any atom is 0.107 e. The van der Waals surface area contributed by atoms with Crippen molar-refractivity contribution in [3.63, 3.8) is 0 Å². The second-order valence-electron chi connectivity index (χ2n) is 3.38. The van der Waals surface area contributed by atoms with Crippen molar-refractivity contribution < 1.29 is 0 Å². The first kappa shape index (κ1) is 11.6. The van der Waals surface area contributed by atoms with Crippen molar-refractivity contribution in [2.75, 3.05) is 7.05 Å². The topological polar surface area (TPSA) is 24.9 Å². The normalized spacial score (nSPS) is 10.6. The molecule has 4 heteroatoms. The first-order chi connectivity index (χ1) is 7.88. The van der Waals surface area contributed by atoms with Crippen molar-refractivity contribution in [2.45, 2.75) is 16.5 Å². The zero-order valence-corrected chi connectivity index (χ0v) is 10.8. The monoisotopic (exact) mass is 250 g/mol. The van der Waals surface area contributed by atoms with Gasteiger partial charge in [-0.1, -0.05) is 30.3 Å². The summed E-state index contributed by atoms with van der Waals surface area (Å²) in [5, 5.41) is 4.26. The number of hydrogen-bond acceptors (Lipinski definition) is 4. The van der Waals surface area contributed by atoms with Gasteiger partial charge < -0.3 is 5.32 Å². The molecule has 0 radical (unpaired) electrons. The van der Waals surface area contributed by atoms with E-state index in [4.69, 9.17) is 0 Å². The average Bonchev–Trinajstić information content (AvgIpc) is 2.76. The SMILES string of the molecule is CNCc1ncc(SCc2ccccc2)s1. The lowest BCUT2D eigenvalue weighted by Gasteiger charge is -1.97. The molecule has 0 unspecified atom stereocenters. The molecule has 0 aliphatic heterocycles. The molecule has 0 aliphatic carbocycles. The minimum absolute atomic E-state index is 0.858. The fourth-order valence-electron chi connectivity index (χ4n) is 1.32. The van der Waals surface area contributed by atoms with Crippen LogP contribution in [0.4, 0.5) is 0 Å². The van der Waals surface area contributed by atoms with Gasteiger partial charge in [-0.25, -0.2) is 4.98 Å². The molecule has 2 aromatic rings. The molecule has 0 saturated carbocycles. The Balaban J connectivity index is 1.89. The maximum atomic E-state index is 4.35. The molecule has 2 nitrogen and oxygen atoms in total. The summed E-state index contributed by atoms with van der Waals surface area (Å²) in [6.45, 7) is 0.858. The zero-order valence-electron chi connectivity index (χ0n) is 9.14. The van der Waals surface area contributed by atoms with Gasteiger partial charge in [0.2, 0.25) is 0 Å². The molecule has 0 atom stereocenters. The van der Waals surface area contributed by atoms with Crippen LogP contribution in [0.3, 0.4) is 0 Å². The Bertz CT molecular complexity index is 426. The summed E-state index contributed by atoms with van der Waals surface area (Å²) < 4.78 is 1.29. The molecule has 1 aromatic heterocycles. The van der Waals surface area contributed by atoms with E-state index < -0.39 is 0 Å². The van der Waals surface area contributed by atoms with Crippen LogP contribution in [-0.2, 0) is 12.3 Å². The Hall–Kier alpha value is -0.840. The van der Waals surface area contributed by atoms with Gasteiger partial charge in [-0.15, -0.1) is 23.1 Å². The van der Waals surface area contributed by atoms with E-state index in [1.54, 1.807) is 11.3 Å². The molecule has 0 amide bonds. The summed E-state index contributed by atoms with van der Waals surface area (Å²) in [4.78, 5) is 4.35. The van der Waals surface area contributed by atoms with Crippen molar-refractivity contribution >= 4 is 23.1 Å². The van der Waals surface area contributed by atoms with Gasteiger partial charge in [-0.05, 0) is 12.6 Å². The summed E-state index contributed by atoms with van der Waals surface area (Å²) in [5.41, 5.74) is 1.36. The highest BCUT2D eigenvalue weighted by Gasteiger charge is 2.01. The molecule has 2 rings (SSSR count). The number of nitrogens with one attached hydrogen (secondary N) is 1. The highest BCUT2D eigenvalue weighted by atomic mass is 32.2. The quantitative estimate of drug-likeness (QED) is 0.825. The molecule has 1 aromatic carbocycles. The van der Waals surface area contributed by atoms with E-state index in [-0.39, 0.29) is 0 Å². The van der Waals surface area contributed by atoms with Crippen molar-refractivity contribution in [3.8, 4) is 0 Å². The fourth-order valence-corrected chi connectivity index (χ4v) is 3.31. The van der Waals surface area contributed by atoms with E-state index in [0.717, 1.165) is 17.3 Å². The first-order valence-electron chi connectivity index (χ1n) is 5.14. The number of thiazole rings is 1. The van der Waals surface area contributed by atoms with Gasteiger partial charge in [0.05, 0.1) is 10.4 Å². The molecule has 1 N–H and O–H groups in total. The van der Waals surface area contributed by atoms with Crippen LogP contribution in [0.15, 0.2) is 40.7 Å². The zero-order chi connectivity index (χ0) is 11.2. The molecule has 84 valence electrons. The van der Waals surface area contributed by atoms with Crippen molar-refractivity contribution in [2.24, 2.45) is 0 Å². The average molecular weight is 250 g/mol. The molecular formula is C12H14N2S2. The lowest BCUT2D eigenvalue weighted by atomic mass is 10.2. The molecule has 1 heterocycles. The summed E-state index contributed by atoms with van der Waals surface area (Å²) in [7, 11) is 1.94. The van der Waals surface area contributed by atoms with E-state index in [1.165, 1.54) is 9.77 Å². The van der Waals surface area contributed by atoms with Crippen LogP contribution < -0.4 is 5.32 Å². The molecular weight excluding hydrogens is 236 g/mol. The van der Waals surface area contributed by atoms with Gasteiger partial charge in [0, 0.05) is 12.3 Å². The maximum absolute atomic E-state index is 4.35. The lowest BCUT2D eigenvalue weighted by Crippen LogP contribution is -2.03. The highest BCUT2D eigenvalue weighted by Crippen LogP contribution is 2.28. The lowest BCUT2D eigenvalue weighted by molar-refractivity contribution is 0.810.